The molecule has 0 bridgehead atoms. The molecule has 0 aliphatic carbocycles. The number of anilines is 1. The van der Waals surface area contributed by atoms with Crippen molar-refractivity contribution in [2.24, 2.45) is 0 Å². The first-order valence-corrected chi connectivity index (χ1v) is 7.83. The van der Waals surface area contributed by atoms with Gasteiger partial charge >= 0.3 is 16.2 Å². The van der Waals surface area contributed by atoms with Crippen LogP contribution in [-0.2, 0) is 10.2 Å². The van der Waals surface area contributed by atoms with E-state index in [2.05, 4.69) is 4.72 Å². The van der Waals surface area contributed by atoms with E-state index in [0.717, 1.165) is 10.4 Å². The molecule has 0 spiro atoms. The van der Waals surface area contributed by atoms with Gasteiger partial charge in [-0.3, -0.25) is 4.72 Å². The number of hydrogen-bond acceptors (Lipinski definition) is 4. The first-order chi connectivity index (χ1) is 10.4. The SMILES string of the molecule is COc1ccc(C(=O)O)c(F)c1NS(=O)(=O)N1CC=CCC1. The molecule has 2 N–H and O–H groups in total. The summed E-state index contributed by atoms with van der Waals surface area (Å²) in [5.41, 5.74) is -1.16. The van der Waals surface area contributed by atoms with Gasteiger partial charge in [-0.1, -0.05) is 12.2 Å². The number of nitrogens with zero attached hydrogens (tertiary/aromatic N) is 1. The van der Waals surface area contributed by atoms with Crippen molar-refractivity contribution < 1.29 is 27.4 Å². The molecule has 2 rings (SSSR count). The van der Waals surface area contributed by atoms with Gasteiger partial charge < -0.3 is 9.84 Å². The number of aromatic carboxylic acids is 1. The maximum Gasteiger partial charge on any atom is 0.338 e. The van der Waals surface area contributed by atoms with Crippen LogP contribution in [0.15, 0.2) is 24.3 Å². The van der Waals surface area contributed by atoms with Crippen molar-refractivity contribution >= 4 is 21.9 Å². The lowest BCUT2D eigenvalue weighted by molar-refractivity contribution is 0.0692. The Labute approximate surface area is 127 Å². The van der Waals surface area contributed by atoms with Crippen LogP contribution in [0.25, 0.3) is 0 Å². The van der Waals surface area contributed by atoms with E-state index in [1.165, 1.54) is 13.2 Å². The minimum atomic E-state index is -4.01. The highest BCUT2D eigenvalue weighted by atomic mass is 32.2. The van der Waals surface area contributed by atoms with E-state index in [-0.39, 0.29) is 18.8 Å². The minimum absolute atomic E-state index is 0.0985. The zero-order valence-corrected chi connectivity index (χ0v) is 12.6. The number of halogens is 1. The van der Waals surface area contributed by atoms with Crippen LogP contribution in [0, 0.1) is 5.82 Å². The Hall–Kier alpha value is -2.13. The Morgan fingerprint density at radius 3 is 2.68 bits per heavy atom. The highest BCUT2D eigenvalue weighted by Crippen LogP contribution is 2.31. The smallest absolute Gasteiger partial charge is 0.338 e. The second-order valence-electron chi connectivity index (χ2n) is 4.53. The van der Waals surface area contributed by atoms with Gasteiger partial charge in [-0.15, -0.1) is 0 Å². The molecule has 120 valence electrons. The molecule has 0 saturated heterocycles. The van der Waals surface area contributed by atoms with Crippen molar-refractivity contribution in [2.75, 3.05) is 24.9 Å². The summed E-state index contributed by atoms with van der Waals surface area (Å²) in [5.74, 6) is -2.79. The van der Waals surface area contributed by atoms with Gasteiger partial charge in [-0.05, 0) is 18.6 Å². The maximum atomic E-state index is 14.2. The molecule has 0 saturated carbocycles. The predicted octanol–water partition coefficient (Wildman–Crippen LogP) is 1.45. The third-order valence-electron chi connectivity index (χ3n) is 3.15. The van der Waals surface area contributed by atoms with E-state index < -0.39 is 33.2 Å². The fourth-order valence-corrected chi connectivity index (χ4v) is 3.23. The van der Waals surface area contributed by atoms with E-state index in [9.17, 15) is 17.6 Å². The fourth-order valence-electron chi connectivity index (χ4n) is 2.02. The average molecular weight is 330 g/mol. The molecule has 22 heavy (non-hydrogen) atoms. The van der Waals surface area contributed by atoms with Crippen LogP contribution >= 0.6 is 0 Å². The zero-order chi connectivity index (χ0) is 16.3. The fraction of sp³-hybridized carbons (Fsp3) is 0.308. The Balaban J connectivity index is 2.41. The Morgan fingerprint density at radius 2 is 2.14 bits per heavy atom. The standard InChI is InChI=1S/C13H15FN2O5S/c1-21-10-6-5-9(13(17)18)11(14)12(10)15-22(19,20)16-7-3-2-4-8-16/h2-3,5-6,15H,4,7-8H2,1H3,(H,17,18). The zero-order valence-electron chi connectivity index (χ0n) is 11.7. The summed E-state index contributed by atoms with van der Waals surface area (Å²) in [6.45, 7) is 0.423. The molecule has 0 amide bonds. The molecule has 1 aliphatic heterocycles. The molecule has 0 fully saturated rings. The normalized spacial score (nSPS) is 15.5. The van der Waals surface area contributed by atoms with Gasteiger partial charge in [0, 0.05) is 13.1 Å². The van der Waals surface area contributed by atoms with Crippen molar-refractivity contribution in [3.63, 3.8) is 0 Å². The second kappa shape index (κ2) is 6.32. The summed E-state index contributed by atoms with van der Waals surface area (Å²) in [4.78, 5) is 11.0. The first-order valence-electron chi connectivity index (χ1n) is 6.39. The van der Waals surface area contributed by atoms with Crippen molar-refractivity contribution in [3.8, 4) is 5.75 Å². The lowest BCUT2D eigenvalue weighted by atomic mass is 10.2. The number of benzene rings is 1. The van der Waals surface area contributed by atoms with Crippen molar-refractivity contribution in [3.05, 3.63) is 35.7 Å². The van der Waals surface area contributed by atoms with Crippen molar-refractivity contribution in [1.82, 2.24) is 4.31 Å². The Morgan fingerprint density at radius 1 is 1.41 bits per heavy atom. The van der Waals surface area contributed by atoms with Gasteiger partial charge in [0.05, 0.1) is 12.7 Å². The number of hydrogen-bond donors (Lipinski definition) is 2. The molecular weight excluding hydrogens is 315 g/mol. The topological polar surface area (TPSA) is 95.9 Å². The van der Waals surface area contributed by atoms with Crippen LogP contribution < -0.4 is 9.46 Å². The van der Waals surface area contributed by atoms with E-state index in [1.807, 2.05) is 6.08 Å². The number of carbonyl (C=O) groups is 1. The molecule has 1 aromatic rings. The average Bonchev–Trinajstić information content (AvgIpc) is 2.49. The van der Waals surface area contributed by atoms with Crippen LogP contribution in [0.5, 0.6) is 5.75 Å². The Bertz CT molecular complexity index is 717. The van der Waals surface area contributed by atoms with Gasteiger partial charge in [0.15, 0.2) is 5.82 Å². The third kappa shape index (κ3) is 3.20. The molecule has 1 aromatic carbocycles. The summed E-state index contributed by atoms with van der Waals surface area (Å²) >= 11 is 0. The highest BCUT2D eigenvalue weighted by Gasteiger charge is 2.27. The molecule has 1 heterocycles. The summed E-state index contributed by atoms with van der Waals surface area (Å²) in [5, 5.41) is 8.92. The van der Waals surface area contributed by atoms with Crippen molar-refractivity contribution in [2.45, 2.75) is 6.42 Å². The van der Waals surface area contributed by atoms with Gasteiger partial charge in [-0.25, -0.2) is 9.18 Å². The number of nitrogens with one attached hydrogen (secondary N) is 1. The first kappa shape index (κ1) is 16.2. The van der Waals surface area contributed by atoms with Gasteiger partial charge in [0.25, 0.3) is 0 Å². The predicted molar refractivity (Wildman–Crippen MR) is 77.8 cm³/mol. The molecular formula is C13H15FN2O5S. The van der Waals surface area contributed by atoms with Crippen LogP contribution in [0.4, 0.5) is 10.1 Å². The van der Waals surface area contributed by atoms with Crippen LogP contribution in [-0.4, -0.2) is 44.0 Å². The van der Waals surface area contributed by atoms with Crippen molar-refractivity contribution in [1.29, 1.82) is 0 Å². The van der Waals surface area contributed by atoms with E-state index in [0.29, 0.717) is 6.42 Å². The summed E-state index contributed by atoms with van der Waals surface area (Å²) in [7, 11) is -2.78. The minimum Gasteiger partial charge on any atom is -0.494 e. The van der Waals surface area contributed by atoms with Gasteiger partial charge in [0.1, 0.15) is 11.4 Å². The van der Waals surface area contributed by atoms with E-state index in [4.69, 9.17) is 9.84 Å². The van der Waals surface area contributed by atoms with Gasteiger partial charge in [0.2, 0.25) is 0 Å². The molecule has 0 radical (unpaired) electrons. The summed E-state index contributed by atoms with van der Waals surface area (Å²) < 4.78 is 46.9. The Kier molecular flexibility index (Phi) is 4.67. The maximum absolute atomic E-state index is 14.2. The van der Waals surface area contributed by atoms with Crippen LogP contribution in [0.3, 0.4) is 0 Å². The quantitative estimate of drug-likeness (QED) is 0.797. The number of carboxylic acids is 1. The summed E-state index contributed by atoms with van der Waals surface area (Å²) in [6, 6.07) is 2.21. The monoisotopic (exact) mass is 330 g/mol. The second-order valence-corrected chi connectivity index (χ2v) is 6.21. The highest BCUT2D eigenvalue weighted by molar-refractivity contribution is 7.90. The number of rotatable bonds is 5. The number of carboxylic acid groups (broad SMARTS) is 1. The molecule has 7 nitrogen and oxygen atoms in total. The van der Waals surface area contributed by atoms with Gasteiger partial charge in [-0.2, -0.15) is 12.7 Å². The van der Waals surface area contributed by atoms with E-state index >= 15 is 0 Å². The van der Waals surface area contributed by atoms with E-state index in [1.54, 1.807) is 6.08 Å². The van der Waals surface area contributed by atoms with Crippen LogP contribution in [0.1, 0.15) is 16.8 Å². The molecule has 0 aromatic heterocycles. The number of methoxy groups -OCH3 is 1. The number of ether oxygens (including phenoxy) is 1. The lowest BCUT2D eigenvalue weighted by Gasteiger charge is -2.24. The molecule has 0 unspecified atom stereocenters. The lowest BCUT2D eigenvalue weighted by Crippen LogP contribution is -2.38. The molecule has 0 atom stereocenters. The third-order valence-corrected chi connectivity index (χ3v) is 4.62. The molecule has 9 heteroatoms. The molecule has 1 aliphatic rings. The summed E-state index contributed by atoms with van der Waals surface area (Å²) in [6.07, 6.45) is 4.08. The van der Waals surface area contributed by atoms with Crippen LogP contribution in [0.2, 0.25) is 0 Å². The largest absolute Gasteiger partial charge is 0.494 e.